The molecule has 8 nitrogen and oxygen atoms in total. The van der Waals surface area contributed by atoms with Crippen molar-refractivity contribution in [3.63, 3.8) is 0 Å². The largest absolute Gasteiger partial charge is 0.379 e. The molecule has 1 aliphatic rings. The van der Waals surface area contributed by atoms with E-state index in [0.29, 0.717) is 36.0 Å². The number of fused-ring (bicyclic) bond motifs is 1. The summed E-state index contributed by atoms with van der Waals surface area (Å²) in [4.78, 5) is 32.0. The third-order valence-corrected chi connectivity index (χ3v) is 6.14. The zero-order chi connectivity index (χ0) is 21.8. The number of ether oxygens (including phenoxy) is 1. The minimum atomic E-state index is -0.535. The van der Waals surface area contributed by atoms with E-state index in [2.05, 4.69) is 9.88 Å². The summed E-state index contributed by atoms with van der Waals surface area (Å²) >= 11 is 1.23. The molecular formula is C21H22ClFN4O4S. The number of halogens is 2. The molecule has 32 heavy (non-hydrogen) atoms. The SMILES string of the molecule is Cl.O=C(c1cccc([N+](=O)[O-])c1)N(CCCN1CCOCC1)c1nc2c(F)cccc2s1. The van der Waals surface area contributed by atoms with Crippen molar-refractivity contribution in [3.05, 3.63) is 64.0 Å². The number of morpholine rings is 1. The molecule has 2 heterocycles. The lowest BCUT2D eigenvalue weighted by molar-refractivity contribution is -0.384. The van der Waals surface area contributed by atoms with Gasteiger partial charge in [0.15, 0.2) is 5.13 Å². The molecule has 0 unspecified atom stereocenters. The molecule has 0 aliphatic carbocycles. The molecule has 1 amide bonds. The summed E-state index contributed by atoms with van der Waals surface area (Å²) in [5.74, 6) is -0.846. The Morgan fingerprint density at radius 1 is 1.25 bits per heavy atom. The number of amides is 1. The van der Waals surface area contributed by atoms with E-state index in [1.807, 2.05) is 0 Å². The smallest absolute Gasteiger partial charge is 0.270 e. The lowest BCUT2D eigenvalue weighted by Gasteiger charge is -2.27. The Balaban J connectivity index is 0.00000289. The van der Waals surface area contributed by atoms with Crippen molar-refractivity contribution < 1.29 is 18.8 Å². The maximum Gasteiger partial charge on any atom is 0.270 e. The van der Waals surface area contributed by atoms with Gasteiger partial charge in [-0.05, 0) is 24.6 Å². The van der Waals surface area contributed by atoms with E-state index in [4.69, 9.17) is 4.74 Å². The van der Waals surface area contributed by atoms with Crippen LogP contribution in [0.1, 0.15) is 16.8 Å². The van der Waals surface area contributed by atoms with Gasteiger partial charge in [0.2, 0.25) is 0 Å². The Morgan fingerprint density at radius 2 is 2.00 bits per heavy atom. The molecule has 4 rings (SSSR count). The first-order valence-corrected chi connectivity index (χ1v) is 10.8. The van der Waals surface area contributed by atoms with Gasteiger partial charge < -0.3 is 4.74 Å². The molecule has 0 bridgehead atoms. The number of carbonyl (C=O) groups excluding carboxylic acids is 1. The van der Waals surface area contributed by atoms with Crippen LogP contribution in [0.3, 0.4) is 0 Å². The second kappa shape index (κ2) is 10.8. The first-order chi connectivity index (χ1) is 15.0. The van der Waals surface area contributed by atoms with E-state index in [9.17, 15) is 19.3 Å². The minimum Gasteiger partial charge on any atom is -0.379 e. The number of anilines is 1. The maximum atomic E-state index is 14.2. The number of benzene rings is 2. The highest BCUT2D eigenvalue weighted by molar-refractivity contribution is 7.22. The fourth-order valence-electron chi connectivity index (χ4n) is 3.49. The fraction of sp³-hybridized carbons (Fsp3) is 0.333. The average Bonchev–Trinajstić information content (AvgIpc) is 3.22. The molecule has 3 aromatic rings. The second-order valence-electron chi connectivity index (χ2n) is 7.15. The molecule has 0 radical (unpaired) electrons. The number of nitro groups is 1. The van der Waals surface area contributed by atoms with Crippen molar-refractivity contribution in [2.45, 2.75) is 6.42 Å². The highest BCUT2D eigenvalue weighted by Crippen LogP contribution is 2.31. The second-order valence-corrected chi connectivity index (χ2v) is 8.16. The van der Waals surface area contributed by atoms with Crippen LogP contribution in [-0.2, 0) is 4.74 Å². The monoisotopic (exact) mass is 480 g/mol. The number of thiazole rings is 1. The van der Waals surface area contributed by atoms with Crippen LogP contribution >= 0.6 is 23.7 Å². The standard InChI is InChI=1S/C21H21FN4O4S.ClH/c22-17-6-2-7-18-19(17)23-21(31-18)25(9-3-8-24-10-12-30-13-11-24)20(27)15-4-1-5-16(14-15)26(28)29;/h1-2,4-7,14H,3,8-13H2;1H. The Labute approximate surface area is 194 Å². The van der Waals surface area contributed by atoms with Crippen LogP contribution in [0.2, 0.25) is 0 Å². The van der Waals surface area contributed by atoms with Gasteiger partial charge in [-0.3, -0.25) is 24.7 Å². The molecule has 1 fully saturated rings. The molecule has 0 spiro atoms. The molecule has 170 valence electrons. The minimum absolute atomic E-state index is 0. The molecule has 1 saturated heterocycles. The van der Waals surface area contributed by atoms with Crippen LogP contribution in [0, 0.1) is 15.9 Å². The van der Waals surface area contributed by atoms with Gasteiger partial charge in [-0.25, -0.2) is 9.37 Å². The Bertz CT molecular complexity index is 1110. The number of nitro benzene ring substituents is 1. The van der Waals surface area contributed by atoms with Crippen LogP contribution in [0.25, 0.3) is 10.2 Å². The van der Waals surface area contributed by atoms with Crippen LogP contribution in [0.5, 0.6) is 0 Å². The summed E-state index contributed by atoms with van der Waals surface area (Å²) in [6, 6.07) is 10.3. The van der Waals surface area contributed by atoms with Gasteiger partial charge >= 0.3 is 0 Å². The van der Waals surface area contributed by atoms with Gasteiger partial charge in [-0.1, -0.05) is 23.5 Å². The van der Waals surface area contributed by atoms with Gasteiger partial charge in [0, 0.05) is 43.9 Å². The number of aromatic nitrogens is 1. The van der Waals surface area contributed by atoms with Crippen molar-refractivity contribution in [2.24, 2.45) is 0 Å². The van der Waals surface area contributed by atoms with E-state index in [1.54, 1.807) is 12.1 Å². The Kier molecular flexibility index (Phi) is 8.08. The number of rotatable bonds is 7. The maximum absolute atomic E-state index is 14.2. The summed E-state index contributed by atoms with van der Waals surface area (Å²) in [6.45, 7) is 4.19. The highest BCUT2D eigenvalue weighted by Gasteiger charge is 2.24. The van der Waals surface area contributed by atoms with E-state index in [0.717, 1.165) is 19.6 Å². The third-order valence-electron chi connectivity index (χ3n) is 5.10. The quantitative estimate of drug-likeness (QED) is 0.373. The van der Waals surface area contributed by atoms with E-state index in [1.165, 1.54) is 46.6 Å². The first-order valence-electron chi connectivity index (χ1n) is 9.94. The molecule has 0 N–H and O–H groups in total. The van der Waals surface area contributed by atoms with Gasteiger partial charge in [0.1, 0.15) is 11.3 Å². The molecule has 0 atom stereocenters. The molecule has 0 saturated carbocycles. The van der Waals surface area contributed by atoms with Crippen molar-refractivity contribution >= 4 is 50.7 Å². The van der Waals surface area contributed by atoms with Crippen molar-refractivity contribution in [1.29, 1.82) is 0 Å². The molecule has 1 aromatic heterocycles. The molecular weight excluding hydrogens is 459 g/mol. The number of hydrogen-bond donors (Lipinski definition) is 0. The van der Waals surface area contributed by atoms with E-state index < -0.39 is 16.6 Å². The lowest BCUT2D eigenvalue weighted by Crippen LogP contribution is -2.39. The Hall–Kier alpha value is -2.66. The summed E-state index contributed by atoms with van der Waals surface area (Å²) in [5.41, 5.74) is 0.252. The number of carbonyl (C=O) groups is 1. The average molecular weight is 481 g/mol. The van der Waals surface area contributed by atoms with E-state index >= 15 is 0 Å². The van der Waals surface area contributed by atoms with Crippen molar-refractivity contribution in [1.82, 2.24) is 9.88 Å². The predicted molar refractivity (Wildman–Crippen MR) is 123 cm³/mol. The normalized spacial score (nSPS) is 14.2. The van der Waals surface area contributed by atoms with Gasteiger partial charge in [0.25, 0.3) is 11.6 Å². The fourth-order valence-corrected chi connectivity index (χ4v) is 4.49. The highest BCUT2D eigenvalue weighted by atomic mass is 35.5. The van der Waals surface area contributed by atoms with Crippen LogP contribution < -0.4 is 4.90 Å². The number of para-hydroxylation sites is 1. The van der Waals surface area contributed by atoms with E-state index in [-0.39, 0.29) is 29.2 Å². The molecule has 2 aromatic carbocycles. The van der Waals surface area contributed by atoms with Gasteiger partial charge in [0.05, 0.1) is 22.8 Å². The Morgan fingerprint density at radius 3 is 2.72 bits per heavy atom. The number of nitrogens with zero attached hydrogens (tertiary/aromatic N) is 4. The van der Waals surface area contributed by atoms with Crippen LogP contribution in [0.4, 0.5) is 15.2 Å². The predicted octanol–water partition coefficient (Wildman–Crippen LogP) is 4.13. The third kappa shape index (κ3) is 5.39. The van der Waals surface area contributed by atoms with Crippen molar-refractivity contribution in [2.75, 3.05) is 44.3 Å². The number of hydrogen-bond acceptors (Lipinski definition) is 7. The topological polar surface area (TPSA) is 88.8 Å². The van der Waals surface area contributed by atoms with Gasteiger partial charge in [-0.15, -0.1) is 12.4 Å². The summed E-state index contributed by atoms with van der Waals surface area (Å²) in [7, 11) is 0. The van der Waals surface area contributed by atoms with Crippen LogP contribution in [-0.4, -0.2) is 60.1 Å². The first kappa shape index (κ1) is 24.0. The summed E-state index contributed by atoms with van der Waals surface area (Å²) in [6.07, 6.45) is 0.680. The van der Waals surface area contributed by atoms with Crippen LogP contribution in [0.15, 0.2) is 42.5 Å². The molecule has 1 aliphatic heterocycles. The zero-order valence-electron chi connectivity index (χ0n) is 17.1. The summed E-state index contributed by atoms with van der Waals surface area (Å²) < 4.78 is 20.2. The van der Waals surface area contributed by atoms with Crippen molar-refractivity contribution in [3.8, 4) is 0 Å². The van der Waals surface area contributed by atoms with Gasteiger partial charge in [-0.2, -0.15) is 0 Å². The number of non-ortho nitro benzene ring substituents is 1. The molecule has 11 heteroatoms. The summed E-state index contributed by atoms with van der Waals surface area (Å²) in [5, 5.41) is 11.5. The zero-order valence-corrected chi connectivity index (χ0v) is 18.7. The lowest BCUT2D eigenvalue weighted by atomic mass is 10.1.